The minimum Gasteiger partial charge on any atom is -0.255 e. The topological polar surface area (TPSA) is 25.8 Å². The zero-order valence-electron chi connectivity index (χ0n) is 27.3. The summed E-state index contributed by atoms with van der Waals surface area (Å²) in [4.78, 5) is 9.39. The molecule has 0 amide bonds. The Morgan fingerprint density at radius 3 is 1.31 bits per heavy atom. The summed E-state index contributed by atoms with van der Waals surface area (Å²) in [5, 5.41) is 1.08. The molecule has 0 aromatic carbocycles. The zero-order valence-corrected chi connectivity index (χ0v) is 28.9. The van der Waals surface area contributed by atoms with Crippen molar-refractivity contribution in [2.75, 3.05) is 0 Å². The third-order valence-corrected chi connectivity index (χ3v) is 9.55. The van der Waals surface area contributed by atoms with Gasteiger partial charge in [-0.25, -0.2) is 4.98 Å². The molecule has 4 heteroatoms. The third-order valence-electron chi connectivity index (χ3n) is 8.77. The van der Waals surface area contributed by atoms with Crippen LogP contribution in [0.1, 0.15) is 179 Å². The lowest BCUT2D eigenvalue weighted by atomic mass is 9.94. The highest BCUT2D eigenvalue weighted by molar-refractivity contribution is 6.41. The molecule has 0 saturated heterocycles. The van der Waals surface area contributed by atoms with Gasteiger partial charge < -0.3 is 0 Å². The molecule has 0 atom stereocenters. The van der Waals surface area contributed by atoms with Gasteiger partial charge in [0.15, 0.2) is 0 Å². The molecule has 0 fully saturated rings. The lowest BCUT2D eigenvalue weighted by Gasteiger charge is -2.17. The number of aromatic nitrogens is 2. The molecule has 2 nitrogen and oxygen atoms in total. The SMILES string of the molecule is CCCCCCCCCCCCCCc1c(-c2ccccn2)nc(Cl)c(Cl)c1CCCCCCCCCCCCCC. The molecule has 0 aliphatic rings. The molecule has 0 saturated carbocycles. The summed E-state index contributed by atoms with van der Waals surface area (Å²) in [6, 6.07) is 6.04. The van der Waals surface area contributed by atoms with Crippen molar-refractivity contribution in [1.82, 2.24) is 9.97 Å². The van der Waals surface area contributed by atoms with Gasteiger partial charge in [-0.05, 0) is 48.9 Å². The largest absolute Gasteiger partial charge is 0.255 e. The molecule has 42 heavy (non-hydrogen) atoms. The molecule has 2 aromatic heterocycles. The van der Waals surface area contributed by atoms with Crippen LogP contribution in [0, 0.1) is 0 Å². The van der Waals surface area contributed by atoms with Gasteiger partial charge in [0.1, 0.15) is 5.15 Å². The van der Waals surface area contributed by atoms with Crippen LogP contribution < -0.4 is 0 Å². The van der Waals surface area contributed by atoms with Gasteiger partial charge in [0.2, 0.25) is 0 Å². The van der Waals surface area contributed by atoms with Gasteiger partial charge in [-0.1, -0.05) is 184 Å². The van der Waals surface area contributed by atoms with Crippen molar-refractivity contribution >= 4 is 23.2 Å². The van der Waals surface area contributed by atoms with Crippen LogP contribution >= 0.6 is 23.2 Å². The second kappa shape index (κ2) is 25.2. The number of hydrogen-bond acceptors (Lipinski definition) is 2. The van der Waals surface area contributed by atoms with Crippen LogP contribution in [-0.2, 0) is 12.8 Å². The fourth-order valence-electron chi connectivity index (χ4n) is 6.14. The predicted octanol–water partition coefficient (Wildman–Crippen LogP) is 13.9. The summed E-state index contributed by atoms with van der Waals surface area (Å²) in [6.45, 7) is 4.58. The molecule has 0 radical (unpaired) electrons. The highest BCUT2D eigenvalue weighted by Crippen LogP contribution is 2.35. The molecule has 0 N–H and O–H groups in total. The average Bonchev–Trinajstić information content (AvgIpc) is 3.01. The summed E-state index contributed by atoms with van der Waals surface area (Å²) >= 11 is 13.4. The number of pyridine rings is 2. The van der Waals surface area contributed by atoms with E-state index in [1.54, 1.807) is 0 Å². The van der Waals surface area contributed by atoms with E-state index in [0.717, 1.165) is 30.7 Å². The molecule has 0 bridgehead atoms. The first-order valence-corrected chi connectivity index (χ1v) is 18.7. The first-order valence-electron chi connectivity index (χ1n) is 18.0. The van der Waals surface area contributed by atoms with Gasteiger partial charge in [-0.2, -0.15) is 0 Å². The Morgan fingerprint density at radius 1 is 0.500 bits per heavy atom. The molecular formula is C38H62Cl2N2. The fraction of sp³-hybridized carbons (Fsp3) is 0.737. The average molecular weight is 618 g/mol. The Balaban J connectivity index is 1.80. The number of halogens is 2. The first-order chi connectivity index (χ1) is 20.7. The van der Waals surface area contributed by atoms with Crippen molar-refractivity contribution in [2.24, 2.45) is 0 Å². The van der Waals surface area contributed by atoms with E-state index in [-0.39, 0.29) is 0 Å². The summed E-state index contributed by atoms with van der Waals surface area (Å²) in [5.74, 6) is 0. The lowest BCUT2D eigenvalue weighted by molar-refractivity contribution is 0.542. The highest BCUT2D eigenvalue weighted by atomic mass is 35.5. The van der Waals surface area contributed by atoms with E-state index in [4.69, 9.17) is 28.2 Å². The van der Waals surface area contributed by atoms with Gasteiger partial charge in [0, 0.05) is 6.20 Å². The maximum absolute atomic E-state index is 6.84. The van der Waals surface area contributed by atoms with Gasteiger partial charge in [0.25, 0.3) is 0 Å². The van der Waals surface area contributed by atoms with E-state index in [9.17, 15) is 0 Å². The molecule has 2 rings (SSSR count). The van der Waals surface area contributed by atoms with Gasteiger partial charge in [-0.3, -0.25) is 4.98 Å². The summed E-state index contributed by atoms with van der Waals surface area (Å²) in [5.41, 5.74) is 4.33. The Kier molecular flexibility index (Phi) is 22.3. The molecular weight excluding hydrogens is 555 g/mol. The van der Waals surface area contributed by atoms with Gasteiger partial charge >= 0.3 is 0 Å². The van der Waals surface area contributed by atoms with E-state index >= 15 is 0 Å². The van der Waals surface area contributed by atoms with Gasteiger partial charge in [-0.15, -0.1) is 0 Å². The van der Waals surface area contributed by atoms with Crippen molar-refractivity contribution in [2.45, 2.75) is 181 Å². The maximum atomic E-state index is 6.84. The van der Waals surface area contributed by atoms with E-state index in [0.29, 0.717) is 10.2 Å². The summed E-state index contributed by atoms with van der Waals surface area (Å²) in [6.07, 6.45) is 36.4. The Labute approximate surface area is 270 Å². The lowest BCUT2D eigenvalue weighted by Crippen LogP contribution is -2.04. The second-order valence-electron chi connectivity index (χ2n) is 12.5. The molecule has 0 spiro atoms. The van der Waals surface area contributed by atoms with Crippen molar-refractivity contribution in [3.63, 3.8) is 0 Å². The van der Waals surface area contributed by atoms with Crippen molar-refractivity contribution in [3.8, 4) is 11.4 Å². The predicted molar refractivity (Wildman–Crippen MR) is 187 cm³/mol. The van der Waals surface area contributed by atoms with Crippen molar-refractivity contribution < 1.29 is 0 Å². The minimum absolute atomic E-state index is 0.421. The summed E-state index contributed by atoms with van der Waals surface area (Å²) in [7, 11) is 0. The number of hydrogen-bond donors (Lipinski definition) is 0. The normalized spacial score (nSPS) is 11.4. The molecule has 0 aliphatic carbocycles. The second-order valence-corrected chi connectivity index (χ2v) is 13.3. The number of unbranched alkanes of at least 4 members (excludes halogenated alkanes) is 22. The van der Waals surface area contributed by atoms with E-state index in [2.05, 4.69) is 18.8 Å². The van der Waals surface area contributed by atoms with Crippen LogP contribution in [0.3, 0.4) is 0 Å². The van der Waals surface area contributed by atoms with Crippen molar-refractivity contribution in [3.05, 3.63) is 45.7 Å². The molecule has 2 aromatic rings. The zero-order chi connectivity index (χ0) is 30.1. The van der Waals surface area contributed by atoms with Crippen molar-refractivity contribution in [1.29, 1.82) is 0 Å². The summed E-state index contributed by atoms with van der Waals surface area (Å²) < 4.78 is 0. The van der Waals surface area contributed by atoms with E-state index < -0.39 is 0 Å². The molecule has 2 heterocycles. The van der Waals surface area contributed by atoms with Gasteiger partial charge in [0.05, 0.1) is 16.4 Å². The Bertz CT molecular complexity index is 915. The Hall–Kier alpha value is -1.12. The first kappa shape index (κ1) is 37.1. The van der Waals surface area contributed by atoms with Crippen LogP contribution in [0.2, 0.25) is 10.2 Å². The standard InChI is InChI=1S/C38H62Cl2N2/c1-3-5-7-9-11-13-15-17-19-21-23-25-29-33-34(30-26-24-22-20-18-16-14-12-10-8-6-4-2)37(42-38(40)36(33)39)35-31-27-28-32-41-35/h27-28,31-32H,3-26,29-30H2,1-2H3. The quantitative estimate of drug-likeness (QED) is 0.0736. The van der Waals surface area contributed by atoms with E-state index in [1.165, 1.54) is 159 Å². The monoisotopic (exact) mass is 616 g/mol. The smallest absolute Gasteiger partial charge is 0.148 e. The van der Waals surface area contributed by atoms with E-state index in [1.807, 2.05) is 24.4 Å². The van der Waals surface area contributed by atoms with Crippen LogP contribution in [-0.4, -0.2) is 9.97 Å². The van der Waals surface area contributed by atoms with Crippen LogP contribution in [0.15, 0.2) is 24.4 Å². The third kappa shape index (κ3) is 16.1. The number of nitrogens with zero attached hydrogens (tertiary/aromatic N) is 2. The fourth-order valence-corrected chi connectivity index (χ4v) is 6.59. The highest BCUT2D eigenvalue weighted by Gasteiger charge is 2.19. The number of rotatable bonds is 27. The Morgan fingerprint density at radius 2 is 0.905 bits per heavy atom. The van der Waals surface area contributed by atoms with Crippen LogP contribution in [0.4, 0.5) is 0 Å². The van der Waals surface area contributed by atoms with Crippen LogP contribution in [0.5, 0.6) is 0 Å². The van der Waals surface area contributed by atoms with Crippen LogP contribution in [0.25, 0.3) is 11.4 Å². The maximum Gasteiger partial charge on any atom is 0.148 e. The molecule has 0 aliphatic heterocycles. The minimum atomic E-state index is 0.421. The molecule has 238 valence electrons. The molecule has 0 unspecified atom stereocenters.